The Kier molecular flexibility index (Phi) is 3.44. The van der Waals surface area contributed by atoms with E-state index in [4.69, 9.17) is 5.26 Å². The number of piperidine rings is 1. The number of imide groups is 2. The van der Waals surface area contributed by atoms with E-state index in [0.717, 1.165) is 36.3 Å². The van der Waals surface area contributed by atoms with Crippen molar-refractivity contribution in [2.24, 2.45) is 5.41 Å². The second-order valence-electron chi connectivity index (χ2n) is 8.27. The number of nitrogens with one attached hydrogen (secondary N) is 1. The molecule has 1 N–H and O–H groups in total. The van der Waals surface area contributed by atoms with Gasteiger partial charge in [-0.05, 0) is 30.0 Å². The maximum absolute atomic E-state index is 12.9. The lowest BCUT2D eigenvalue weighted by Gasteiger charge is -2.58. The van der Waals surface area contributed by atoms with Crippen molar-refractivity contribution in [3.63, 3.8) is 0 Å². The summed E-state index contributed by atoms with van der Waals surface area (Å²) in [4.78, 5) is 52.2. The topological polar surface area (TPSA) is 111 Å². The molecule has 1 aromatic carbocycles. The van der Waals surface area contributed by atoms with Gasteiger partial charge in [-0.2, -0.15) is 0 Å². The lowest BCUT2D eigenvalue weighted by molar-refractivity contribution is -0.136. The Labute approximate surface area is 161 Å². The molecule has 1 spiro atoms. The number of benzene rings is 1. The fourth-order valence-corrected chi connectivity index (χ4v) is 4.94. The maximum atomic E-state index is 12.9. The number of fused-ring (bicyclic) bond motifs is 1. The zero-order valence-corrected chi connectivity index (χ0v) is 15.1. The normalized spacial score (nSPS) is 25.2. The number of nitrogens with zero attached hydrogens (tertiary/aromatic N) is 3. The second kappa shape index (κ2) is 5.68. The molecule has 0 radical (unpaired) electrons. The number of anilines is 1. The van der Waals surface area contributed by atoms with Gasteiger partial charge in [-0.25, -0.2) is 5.26 Å². The van der Waals surface area contributed by atoms with E-state index in [1.54, 1.807) is 12.1 Å². The smallest absolute Gasteiger partial charge is 0.269 e. The number of carbonyl (C=O) groups is 4. The Balaban J connectivity index is 1.35. The molecule has 4 heterocycles. The average molecular weight is 376 g/mol. The van der Waals surface area contributed by atoms with Gasteiger partial charge in [0.15, 0.2) is 0 Å². The molecule has 1 unspecified atom stereocenters. The zero-order chi connectivity index (χ0) is 19.6. The highest BCUT2D eigenvalue weighted by molar-refractivity contribution is 6.70. The van der Waals surface area contributed by atoms with Crippen LogP contribution in [0.15, 0.2) is 18.2 Å². The van der Waals surface area contributed by atoms with Gasteiger partial charge in [0.1, 0.15) is 6.04 Å². The van der Waals surface area contributed by atoms with Gasteiger partial charge in [0.2, 0.25) is 11.8 Å². The lowest BCUT2D eigenvalue weighted by atomic mass is 9.26. The number of hydrogen-bond acceptors (Lipinski definition) is 6. The number of hydrogen-bond donors (Lipinski definition) is 1. The summed E-state index contributed by atoms with van der Waals surface area (Å²) in [6.45, 7) is 1.86. The monoisotopic (exact) mass is 376 g/mol. The maximum Gasteiger partial charge on any atom is 0.269 e. The van der Waals surface area contributed by atoms with Crippen LogP contribution < -0.4 is 10.2 Å². The quantitative estimate of drug-likeness (QED) is 0.593. The molecule has 3 fully saturated rings. The summed E-state index contributed by atoms with van der Waals surface area (Å²) in [6, 6.07) is 4.24. The van der Waals surface area contributed by atoms with E-state index in [1.807, 2.05) is 6.07 Å². The van der Waals surface area contributed by atoms with Gasteiger partial charge >= 0.3 is 0 Å². The third kappa shape index (κ3) is 2.30. The predicted molar refractivity (Wildman–Crippen MR) is 98.7 cm³/mol. The minimum absolute atomic E-state index is 0.106. The second-order valence-corrected chi connectivity index (χ2v) is 8.27. The molecule has 0 bridgehead atoms. The third-order valence-electron chi connectivity index (χ3n) is 6.38. The molecule has 8 nitrogen and oxygen atoms in total. The first-order chi connectivity index (χ1) is 13.4. The Hall–Kier alpha value is -3.15. The summed E-state index contributed by atoms with van der Waals surface area (Å²) in [7, 11) is 0. The van der Waals surface area contributed by atoms with Crippen LogP contribution in [-0.4, -0.2) is 54.4 Å². The van der Waals surface area contributed by atoms with Gasteiger partial charge in [0, 0.05) is 31.2 Å². The summed E-state index contributed by atoms with van der Waals surface area (Å²) >= 11 is 0. The first kappa shape index (κ1) is 17.0. The highest BCUT2D eigenvalue weighted by atomic mass is 16.2. The summed E-state index contributed by atoms with van der Waals surface area (Å²) in [6.07, 6.45) is 2.10. The molecule has 0 aromatic heterocycles. The molecule has 5 rings (SSSR count). The lowest BCUT2D eigenvalue weighted by Crippen LogP contribution is -2.64. The number of amides is 4. The Morgan fingerprint density at radius 1 is 1.11 bits per heavy atom. The fourth-order valence-electron chi connectivity index (χ4n) is 4.94. The van der Waals surface area contributed by atoms with Crippen LogP contribution in [0, 0.1) is 16.6 Å². The van der Waals surface area contributed by atoms with Crippen LogP contribution in [0.2, 0.25) is 12.6 Å². The zero-order valence-electron chi connectivity index (χ0n) is 15.1. The van der Waals surface area contributed by atoms with Crippen LogP contribution in [0.4, 0.5) is 5.69 Å². The van der Waals surface area contributed by atoms with E-state index < -0.39 is 23.8 Å². The molecule has 4 aliphatic rings. The van der Waals surface area contributed by atoms with E-state index in [1.165, 1.54) is 0 Å². The molecule has 4 amide bonds. The molecule has 1 aromatic rings. The fraction of sp³-hybridized carbons (Fsp3) is 0.421. The standard InChI is InChI=1S/C19H17BN4O4/c21-10-20-6-19(7-20)8-23(9-19)11-1-2-12-13(5-11)18(28)24(17(12)27)14-3-4-15(25)22-16(14)26/h1-2,5,14H,3-4,6-9H2,(H,22,25,26). The number of nitriles is 1. The highest BCUT2D eigenvalue weighted by Crippen LogP contribution is 2.50. The van der Waals surface area contributed by atoms with Gasteiger partial charge in [0.25, 0.3) is 18.5 Å². The van der Waals surface area contributed by atoms with Crippen molar-refractivity contribution in [3.8, 4) is 5.97 Å². The first-order valence-corrected chi connectivity index (χ1v) is 9.41. The number of carbonyl (C=O) groups excluding carboxylic acids is 4. The van der Waals surface area contributed by atoms with E-state index in [0.29, 0.717) is 11.1 Å². The minimum atomic E-state index is -0.946. The van der Waals surface area contributed by atoms with Gasteiger partial charge in [-0.1, -0.05) is 12.6 Å². The summed E-state index contributed by atoms with van der Waals surface area (Å²) in [5.74, 6) is 0.340. The average Bonchev–Trinajstić information content (AvgIpc) is 2.84. The van der Waals surface area contributed by atoms with E-state index >= 15 is 0 Å². The minimum Gasteiger partial charge on any atom is -0.370 e. The molecule has 28 heavy (non-hydrogen) atoms. The van der Waals surface area contributed by atoms with Crippen molar-refractivity contribution in [1.82, 2.24) is 10.2 Å². The number of rotatable bonds is 2. The van der Waals surface area contributed by atoms with Crippen molar-refractivity contribution in [2.45, 2.75) is 31.5 Å². The van der Waals surface area contributed by atoms with Gasteiger partial charge in [-0.3, -0.25) is 29.4 Å². The Morgan fingerprint density at radius 2 is 1.82 bits per heavy atom. The highest BCUT2D eigenvalue weighted by Gasteiger charge is 2.54. The molecule has 140 valence electrons. The summed E-state index contributed by atoms with van der Waals surface area (Å²) in [5, 5.41) is 11.2. The SMILES string of the molecule is N#CB1CC2(C1)CN(c1ccc3c(c1)C(=O)N(C1CCC(=O)NC1=O)C3=O)C2. The van der Waals surface area contributed by atoms with Gasteiger partial charge in [-0.15, -0.1) is 0 Å². The van der Waals surface area contributed by atoms with Gasteiger partial charge in [0.05, 0.1) is 11.1 Å². The molecule has 4 aliphatic heterocycles. The molecule has 3 saturated heterocycles. The van der Waals surface area contributed by atoms with Crippen LogP contribution in [0.25, 0.3) is 0 Å². The van der Waals surface area contributed by atoms with Crippen LogP contribution >= 0.6 is 0 Å². The van der Waals surface area contributed by atoms with E-state index in [-0.39, 0.29) is 30.9 Å². The summed E-state index contributed by atoms with van der Waals surface area (Å²) in [5.41, 5.74) is 1.69. The predicted octanol–water partition coefficient (Wildman–Crippen LogP) is 0.465. The molecule has 0 saturated carbocycles. The van der Waals surface area contributed by atoms with Gasteiger partial charge < -0.3 is 4.90 Å². The third-order valence-corrected chi connectivity index (χ3v) is 6.38. The van der Waals surface area contributed by atoms with Crippen molar-refractivity contribution >= 4 is 36.0 Å². The van der Waals surface area contributed by atoms with Crippen LogP contribution in [0.3, 0.4) is 0 Å². The van der Waals surface area contributed by atoms with Crippen LogP contribution in [-0.2, 0) is 9.59 Å². The van der Waals surface area contributed by atoms with Crippen molar-refractivity contribution < 1.29 is 19.2 Å². The first-order valence-electron chi connectivity index (χ1n) is 9.41. The molecular formula is C19H17BN4O4. The molecule has 9 heteroatoms. The molecule has 1 atom stereocenters. The molecular weight excluding hydrogens is 359 g/mol. The van der Waals surface area contributed by atoms with Crippen molar-refractivity contribution in [3.05, 3.63) is 29.3 Å². The Morgan fingerprint density at radius 3 is 2.50 bits per heavy atom. The van der Waals surface area contributed by atoms with E-state index in [2.05, 4.69) is 16.2 Å². The Bertz CT molecular complexity index is 986. The largest absolute Gasteiger partial charge is 0.370 e. The van der Waals surface area contributed by atoms with Crippen molar-refractivity contribution in [2.75, 3.05) is 18.0 Å². The molecule has 0 aliphatic carbocycles. The summed E-state index contributed by atoms with van der Waals surface area (Å²) < 4.78 is 0. The van der Waals surface area contributed by atoms with E-state index in [9.17, 15) is 19.2 Å². The van der Waals surface area contributed by atoms with Crippen LogP contribution in [0.5, 0.6) is 0 Å². The van der Waals surface area contributed by atoms with Crippen LogP contribution in [0.1, 0.15) is 33.6 Å². The van der Waals surface area contributed by atoms with Crippen molar-refractivity contribution in [1.29, 1.82) is 5.26 Å².